The third-order valence-corrected chi connectivity index (χ3v) is 9.47. The summed E-state index contributed by atoms with van der Waals surface area (Å²) in [6.45, 7) is 0. The largest absolute Gasteiger partial charge is 0.453 e. The number of rotatable bonds is 5. The van der Waals surface area contributed by atoms with Crippen LogP contribution in [0.2, 0.25) is 0 Å². The molecule has 5 nitrogen and oxygen atoms in total. The molecule has 10 rings (SSSR count). The topological polar surface area (TPSA) is 56.7 Å². The number of aromatic nitrogens is 4. The molecule has 7 aromatic carbocycles. The maximum atomic E-state index is 6.28. The molecular weight excluding hydrogens is 613 g/mol. The van der Waals surface area contributed by atoms with Gasteiger partial charge in [-0.15, -0.1) is 0 Å². The molecule has 0 saturated heterocycles. The van der Waals surface area contributed by atoms with Crippen molar-refractivity contribution in [3.8, 4) is 51.2 Å². The van der Waals surface area contributed by atoms with Gasteiger partial charge in [-0.05, 0) is 70.4 Å². The van der Waals surface area contributed by atoms with E-state index in [1.54, 1.807) is 0 Å². The van der Waals surface area contributed by atoms with E-state index in [2.05, 4.69) is 138 Å². The molecule has 50 heavy (non-hydrogen) atoms. The number of hydrogen-bond acceptors (Lipinski definition) is 4. The molecule has 0 atom stereocenters. The summed E-state index contributed by atoms with van der Waals surface area (Å²) in [6.07, 6.45) is 0. The van der Waals surface area contributed by atoms with Gasteiger partial charge in [0, 0.05) is 33.0 Å². The molecular formula is C45H28N4O. The quantitative estimate of drug-likeness (QED) is 0.188. The Morgan fingerprint density at radius 1 is 0.400 bits per heavy atom. The monoisotopic (exact) mass is 640 g/mol. The van der Waals surface area contributed by atoms with E-state index in [1.165, 1.54) is 21.7 Å². The summed E-state index contributed by atoms with van der Waals surface area (Å²) < 4.78 is 8.59. The smallest absolute Gasteiger partial charge is 0.199 e. The van der Waals surface area contributed by atoms with Crippen LogP contribution in [-0.2, 0) is 0 Å². The summed E-state index contributed by atoms with van der Waals surface area (Å²) in [5.41, 5.74) is 8.31. The van der Waals surface area contributed by atoms with E-state index in [-0.39, 0.29) is 0 Å². The van der Waals surface area contributed by atoms with Crippen molar-refractivity contribution in [2.75, 3.05) is 0 Å². The van der Waals surface area contributed by atoms with Crippen LogP contribution < -0.4 is 0 Å². The molecule has 0 spiro atoms. The van der Waals surface area contributed by atoms with Gasteiger partial charge >= 0.3 is 0 Å². The molecule has 5 heteroatoms. The summed E-state index contributed by atoms with van der Waals surface area (Å²) in [5, 5.41) is 5.75. The molecule has 234 valence electrons. The second-order valence-corrected chi connectivity index (χ2v) is 12.5. The van der Waals surface area contributed by atoms with Gasteiger partial charge in [-0.25, -0.2) is 15.0 Å². The van der Waals surface area contributed by atoms with Crippen LogP contribution in [0.3, 0.4) is 0 Å². The molecule has 0 fully saturated rings. The van der Waals surface area contributed by atoms with Gasteiger partial charge in [0.25, 0.3) is 0 Å². The standard InChI is InChI=1S/C45H28N4O/c1-2-14-34(15-3-1)49-39-19-8-7-17-37(39)38-27-33(25-26-40(38)49)44-46-43(47-45(48-44)42-28-32-12-5-9-20-41(32)50-42)31-23-21-30(22-24-31)36-18-10-13-29-11-4-6-16-35(29)36/h1-28H. The maximum Gasteiger partial charge on any atom is 0.199 e. The highest BCUT2D eigenvalue weighted by Gasteiger charge is 2.18. The maximum absolute atomic E-state index is 6.28. The van der Waals surface area contributed by atoms with Gasteiger partial charge in [-0.1, -0.05) is 121 Å². The minimum absolute atomic E-state index is 0.492. The van der Waals surface area contributed by atoms with Crippen LogP contribution >= 0.6 is 0 Å². The normalized spacial score (nSPS) is 11.6. The lowest BCUT2D eigenvalue weighted by Gasteiger charge is -2.10. The van der Waals surface area contributed by atoms with Crippen LogP contribution in [0, 0.1) is 0 Å². The van der Waals surface area contributed by atoms with Gasteiger partial charge in [-0.3, -0.25) is 0 Å². The Hall–Kier alpha value is -6.85. The van der Waals surface area contributed by atoms with E-state index in [4.69, 9.17) is 19.4 Å². The molecule has 0 amide bonds. The molecule has 0 saturated carbocycles. The number of nitrogens with zero attached hydrogens (tertiary/aromatic N) is 4. The first-order chi connectivity index (χ1) is 24.8. The molecule has 0 aliphatic heterocycles. The van der Waals surface area contributed by atoms with Crippen LogP contribution in [0.5, 0.6) is 0 Å². The Balaban J connectivity index is 1.14. The zero-order valence-electron chi connectivity index (χ0n) is 26.9. The summed E-state index contributed by atoms with van der Waals surface area (Å²) in [6, 6.07) is 58.8. The first kappa shape index (κ1) is 28.2. The number of furan rings is 1. The predicted octanol–water partition coefficient (Wildman–Crippen LogP) is 11.5. The molecule has 0 aliphatic carbocycles. The van der Waals surface area contributed by atoms with Crippen LogP contribution in [-0.4, -0.2) is 19.5 Å². The van der Waals surface area contributed by atoms with Gasteiger partial charge in [0.05, 0.1) is 11.0 Å². The third-order valence-electron chi connectivity index (χ3n) is 9.47. The van der Waals surface area contributed by atoms with Gasteiger partial charge in [0.2, 0.25) is 0 Å². The van der Waals surface area contributed by atoms with E-state index in [0.29, 0.717) is 23.2 Å². The van der Waals surface area contributed by atoms with Gasteiger partial charge in [0.1, 0.15) is 5.58 Å². The lowest BCUT2D eigenvalue weighted by molar-refractivity contribution is 0.625. The molecule has 10 aromatic rings. The number of benzene rings is 7. The van der Waals surface area contributed by atoms with E-state index >= 15 is 0 Å². The van der Waals surface area contributed by atoms with Crippen LogP contribution in [0.1, 0.15) is 0 Å². The first-order valence-corrected chi connectivity index (χ1v) is 16.7. The SMILES string of the molecule is c1ccc(-n2c3ccccc3c3cc(-c4nc(-c5ccc(-c6cccc7ccccc67)cc5)nc(-c5cc6ccccc6o5)n4)ccc32)cc1. The number of para-hydroxylation sites is 3. The highest BCUT2D eigenvalue weighted by molar-refractivity contribution is 6.10. The molecule has 3 heterocycles. The first-order valence-electron chi connectivity index (χ1n) is 16.7. The van der Waals surface area contributed by atoms with E-state index < -0.39 is 0 Å². The highest BCUT2D eigenvalue weighted by atomic mass is 16.3. The Labute approximate surface area is 287 Å². The fourth-order valence-electron chi connectivity index (χ4n) is 7.08. The predicted molar refractivity (Wildman–Crippen MR) is 203 cm³/mol. The summed E-state index contributed by atoms with van der Waals surface area (Å²) >= 11 is 0. The van der Waals surface area contributed by atoms with Crippen molar-refractivity contribution in [1.29, 1.82) is 0 Å². The average Bonchev–Trinajstić information content (AvgIpc) is 3.77. The van der Waals surface area contributed by atoms with Crippen molar-refractivity contribution in [2.45, 2.75) is 0 Å². The number of hydrogen-bond donors (Lipinski definition) is 0. The average molecular weight is 641 g/mol. The minimum atomic E-state index is 0.492. The summed E-state index contributed by atoms with van der Waals surface area (Å²) in [5.74, 6) is 2.26. The van der Waals surface area contributed by atoms with Gasteiger partial charge < -0.3 is 8.98 Å². The second-order valence-electron chi connectivity index (χ2n) is 12.5. The highest BCUT2D eigenvalue weighted by Crippen LogP contribution is 2.36. The fourth-order valence-corrected chi connectivity index (χ4v) is 7.08. The number of fused-ring (bicyclic) bond motifs is 5. The van der Waals surface area contributed by atoms with Crippen molar-refractivity contribution in [1.82, 2.24) is 19.5 Å². The third kappa shape index (κ3) is 4.67. The lowest BCUT2D eigenvalue weighted by Crippen LogP contribution is -2.00. The Kier molecular flexibility index (Phi) is 6.42. The molecule has 0 bridgehead atoms. The fraction of sp³-hybridized carbons (Fsp3) is 0. The van der Waals surface area contributed by atoms with E-state index in [1.807, 2.05) is 36.4 Å². The van der Waals surface area contributed by atoms with E-state index in [9.17, 15) is 0 Å². The zero-order valence-corrected chi connectivity index (χ0v) is 26.9. The zero-order chi connectivity index (χ0) is 33.0. The molecule has 0 radical (unpaired) electrons. The summed E-state index contributed by atoms with van der Waals surface area (Å²) in [7, 11) is 0. The van der Waals surface area contributed by atoms with Gasteiger partial charge in [-0.2, -0.15) is 0 Å². The molecule has 0 aliphatic rings. The van der Waals surface area contributed by atoms with Crippen LogP contribution in [0.15, 0.2) is 174 Å². The Morgan fingerprint density at radius 3 is 1.86 bits per heavy atom. The summed E-state index contributed by atoms with van der Waals surface area (Å²) in [4.78, 5) is 15.1. The Morgan fingerprint density at radius 2 is 1.02 bits per heavy atom. The lowest BCUT2D eigenvalue weighted by atomic mass is 9.97. The molecule has 0 unspecified atom stereocenters. The minimum Gasteiger partial charge on any atom is -0.453 e. The van der Waals surface area contributed by atoms with Gasteiger partial charge in [0.15, 0.2) is 23.2 Å². The van der Waals surface area contributed by atoms with E-state index in [0.717, 1.165) is 49.8 Å². The molecule has 3 aromatic heterocycles. The molecule has 0 N–H and O–H groups in total. The van der Waals surface area contributed by atoms with Crippen molar-refractivity contribution in [2.24, 2.45) is 0 Å². The second kappa shape index (κ2) is 11.4. The van der Waals surface area contributed by atoms with Crippen molar-refractivity contribution in [3.05, 3.63) is 170 Å². The Bertz CT molecular complexity index is 2830. The van der Waals surface area contributed by atoms with Crippen LogP contribution in [0.25, 0.3) is 94.7 Å². The van der Waals surface area contributed by atoms with Crippen molar-refractivity contribution < 1.29 is 4.42 Å². The van der Waals surface area contributed by atoms with Crippen molar-refractivity contribution in [3.63, 3.8) is 0 Å². The van der Waals surface area contributed by atoms with Crippen LogP contribution in [0.4, 0.5) is 0 Å². The van der Waals surface area contributed by atoms with Crippen molar-refractivity contribution >= 4 is 43.5 Å².